The monoisotopic (exact) mass is 438 g/mol. The van der Waals surface area contributed by atoms with Crippen molar-refractivity contribution in [2.24, 2.45) is 0 Å². The minimum Gasteiger partial charge on any atom is -0.406 e. The summed E-state index contributed by atoms with van der Waals surface area (Å²) in [6.45, 7) is 1.02. The Bertz CT molecular complexity index is 1060. The number of benzene rings is 2. The number of hydrogen-bond donors (Lipinski definition) is 2. The molecule has 0 unspecified atom stereocenters. The molecule has 13 heteroatoms. The Balaban J connectivity index is 2.17. The number of carbonyl (C=O) groups excluding carboxylic acids is 1. The zero-order chi connectivity index (χ0) is 21.2. The largest absolute Gasteiger partial charge is 0.573 e. The Morgan fingerprint density at radius 1 is 0.857 bits per heavy atom. The van der Waals surface area contributed by atoms with E-state index in [2.05, 4.69) is 9.46 Å². The lowest BCUT2D eigenvalue weighted by atomic mass is 10.3. The molecule has 0 saturated heterocycles. The first-order chi connectivity index (χ1) is 12.8. The molecular formula is C15H13F3N2O6S2. The predicted molar refractivity (Wildman–Crippen MR) is 91.4 cm³/mol. The smallest absolute Gasteiger partial charge is 0.406 e. The number of alkyl halides is 3. The first-order valence-electron chi connectivity index (χ1n) is 7.31. The van der Waals surface area contributed by atoms with Crippen LogP contribution in [-0.2, 0) is 24.8 Å². The molecule has 0 aromatic heterocycles. The molecule has 2 aromatic rings. The van der Waals surface area contributed by atoms with Crippen molar-refractivity contribution >= 4 is 31.6 Å². The van der Waals surface area contributed by atoms with Gasteiger partial charge in [0.25, 0.3) is 20.0 Å². The van der Waals surface area contributed by atoms with Gasteiger partial charge in [-0.25, -0.2) is 21.6 Å². The van der Waals surface area contributed by atoms with E-state index in [1.165, 1.54) is 0 Å². The van der Waals surface area contributed by atoms with Crippen molar-refractivity contribution in [3.05, 3.63) is 48.5 Å². The number of hydrogen-bond acceptors (Lipinski definition) is 6. The fraction of sp³-hybridized carbons (Fsp3) is 0.133. The number of nitrogens with one attached hydrogen (secondary N) is 2. The molecule has 2 N–H and O–H groups in total. The lowest BCUT2D eigenvalue weighted by Gasteiger charge is -2.11. The van der Waals surface area contributed by atoms with Crippen LogP contribution in [0.1, 0.15) is 6.92 Å². The standard InChI is InChI=1S/C15H13F3N2O6S2/c1-10(21)19-27(22,23)13-6-2-11(3-7-13)20-28(24,25)14-8-4-12(5-9-14)26-15(16,17)18/h2-9,20H,1H3,(H,19,21). The number of halogens is 3. The van der Waals surface area contributed by atoms with E-state index >= 15 is 0 Å². The van der Waals surface area contributed by atoms with Gasteiger partial charge in [0.05, 0.1) is 9.79 Å². The highest BCUT2D eigenvalue weighted by Gasteiger charge is 2.31. The van der Waals surface area contributed by atoms with Gasteiger partial charge in [-0.1, -0.05) is 0 Å². The third-order valence-corrected chi connectivity index (χ3v) is 5.91. The maximum absolute atomic E-state index is 12.3. The minimum atomic E-state index is -4.90. The quantitative estimate of drug-likeness (QED) is 0.714. The number of amides is 1. The van der Waals surface area contributed by atoms with Crippen molar-refractivity contribution in [2.75, 3.05) is 4.72 Å². The topological polar surface area (TPSA) is 119 Å². The number of anilines is 1. The van der Waals surface area contributed by atoms with Crippen LogP contribution in [0, 0.1) is 0 Å². The fourth-order valence-corrected chi connectivity index (χ4v) is 4.03. The van der Waals surface area contributed by atoms with E-state index in [1.807, 2.05) is 0 Å². The van der Waals surface area contributed by atoms with Crippen molar-refractivity contribution < 1.29 is 39.5 Å². The number of ether oxygens (including phenoxy) is 1. The zero-order valence-corrected chi connectivity index (χ0v) is 15.7. The molecule has 0 atom stereocenters. The van der Waals surface area contributed by atoms with Gasteiger partial charge >= 0.3 is 6.36 Å². The molecule has 0 bridgehead atoms. The molecule has 0 aliphatic rings. The average Bonchev–Trinajstić information content (AvgIpc) is 2.52. The first kappa shape index (κ1) is 21.5. The number of carbonyl (C=O) groups is 1. The van der Waals surface area contributed by atoms with Gasteiger partial charge in [0.1, 0.15) is 5.75 Å². The van der Waals surface area contributed by atoms with Gasteiger partial charge in [-0.2, -0.15) is 0 Å². The predicted octanol–water partition coefficient (Wildman–Crippen LogP) is 2.21. The van der Waals surface area contributed by atoms with Crippen LogP contribution >= 0.6 is 0 Å². The maximum Gasteiger partial charge on any atom is 0.573 e. The van der Waals surface area contributed by atoms with E-state index in [0.29, 0.717) is 0 Å². The van der Waals surface area contributed by atoms with Crippen molar-refractivity contribution in [2.45, 2.75) is 23.1 Å². The Morgan fingerprint density at radius 2 is 1.32 bits per heavy atom. The summed E-state index contributed by atoms with van der Waals surface area (Å²) in [7, 11) is -8.22. The lowest BCUT2D eigenvalue weighted by Crippen LogP contribution is -2.28. The van der Waals surface area contributed by atoms with Crippen LogP contribution < -0.4 is 14.2 Å². The normalized spacial score (nSPS) is 12.3. The Kier molecular flexibility index (Phi) is 5.89. The van der Waals surface area contributed by atoms with Gasteiger partial charge in [-0.15, -0.1) is 13.2 Å². The Hall–Kier alpha value is -2.80. The van der Waals surface area contributed by atoms with E-state index < -0.39 is 38.1 Å². The Morgan fingerprint density at radius 3 is 1.79 bits per heavy atom. The molecule has 0 spiro atoms. The summed E-state index contributed by atoms with van der Waals surface area (Å²) >= 11 is 0. The second-order valence-corrected chi connectivity index (χ2v) is 8.68. The van der Waals surface area contributed by atoms with Gasteiger partial charge in [-0.05, 0) is 48.5 Å². The summed E-state index contributed by atoms with van der Waals surface area (Å²) in [5.74, 6) is -1.37. The molecular weight excluding hydrogens is 425 g/mol. The molecule has 8 nitrogen and oxygen atoms in total. The summed E-state index contributed by atoms with van der Waals surface area (Å²) < 4.78 is 92.2. The molecule has 2 rings (SSSR count). The van der Waals surface area contributed by atoms with Crippen LogP contribution in [-0.4, -0.2) is 29.1 Å². The van der Waals surface area contributed by atoms with E-state index in [-0.39, 0.29) is 15.5 Å². The van der Waals surface area contributed by atoms with E-state index in [1.54, 1.807) is 4.72 Å². The average molecular weight is 438 g/mol. The maximum atomic E-state index is 12.3. The van der Waals surface area contributed by atoms with Crippen LogP contribution in [0.4, 0.5) is 18.9 Å². The van der Waals surface area contributed by atoms with Crippen molar-refractivity contribution in [3.63, 3.8) is 0 Å². The van der Waals surface area contributed by atoms with Crippen LogP contribution in [0.25, 0.3) is 0 Å². The molecule has 0 aliphatic heterocycles. The molecule has 0 heterocycles. The first-order valence-corrected chi connectivity index (χ1v) is 10.3. The highest BCUT2D eigenvalue weighted by molar-refractivity contribution is 7.92. The minimum absolute atomic E-state index is 0.00241. The highest BCUT2D eigenvalue weighted by Crippen LogP contribution is 2.25. The zero-order valence-electron chi connectivity index (χ0n) is 14.0. The van der Waals surface area contributed by atoms with Crippen molar-refractivity contribution in [1.29, 1.82) is 0 Å². The molecule has 2 aromatic carbocycles. The number of rotatable bonds is 6. The second kappa shape index (κ2) is 7.67. The van der Waals surface area contributed by atoms with Gasteiger partial charge < -0.3 is 4.74 Å². The lowest BCUT2D eigenvalue weighted by molar-refractivity contribution is -0.274. The fourth-order valence-electron chi connectivity index (χ4n) is 1.98. The van der Waals surface area contributed by atoms with E-state index in [4.69, 9.17) is 0 Å². The second-order valence-electron chi connectivity index (χ2n) is 5.31. The number of sulfonamides is 2. The van der Waals surface area contributed by atoms with Crippen LogP contribution in [0.15, 0.2) is 58.3 Å². The van der Waals surface area contributed by atoms with E-state index in [0.717, 1.165) is 55.5 Å². The molecule has 0 fully saturated rings. The highest BCUT2D eigenvalue weighted by atomic mass is 32.2. The van der Waals surface area contributed by atoms with Gasteiger partial charge in [0.15, 0.2) is 0 Å². The van der Waals surface area contributed by atoms with Crippen molar-refractivity contribution in [3.8, 4) is 5.75 Å². The van der Waals surface area contributed by atoms with Crippen LogP contribution in [0.3, 0.4) is 0 Å². The van der Waals surface area contributed by atoms with Gasteiger partial charge in [0, 0.05) is 12.6 Å². The molecule has 28 heavy (non-hydrogen) atoms. The van der Waals surface area contributed by atoms with Crippen LogP contribution in [0.5, 0.6) is 5.75 Å². The summed E-state index contributed by atoms with van der Waals surface area (Å²) in [5.41, 5.74) is -0.00241. The third-order valence-electron chi connectivity index (χ3n) is 3.06. The SMILES string of the molecule is CC(=O)NS(=O)(=O)c1ccc(NS(=O)(=O)c2ccc(OC(F)(F)F)cc2)cc1. The molecule has 0 aliphatic carbocycles. The van der Waals surface area contributed by atoms with Crippen molar-refractivity contribution in [1.82, 2.24) is 4.72 Å². The van der Waals surface area contributed by atoms with E-state index in [9.17, 15) is 34.8 Å². The van der Waals surface area contributed by atoms with Gasteiger partial charge in [-0.3, -0.25) is 9.52 Å². The molecule has 0 saturated carbocycles. The molecule has 152 valence electrons. The molecule has 0 radical (unpaired) electrons. The third kappa shape index (κ3) is 5.85. The molecule has 1 amide bonds. The van der Waals surface area contributed by atoms with Crippen LogP contribution in [0.2, 0.25) is 0 Å². The summed E-state index contributed by atoms with van der Waals surface area (Å²) in [6.07, 6.45) is -4.90. The Labute approximate surface area is 158 Å². The van der Waals surface area contributed by atoms with Gasteiger partial charge in [0.2, 0.25) is 5.91 Å². The summed E-state index contributed by atoms with van der Waals surface area (Å²) in [6, 6.07) is 7.95. The summed E-state index contributed by atoms with van der Waals surface area (Å²) in [5, 5.41) is 0. The summed E-state index contributed by atoms with van der Waals surface area (Å²) in [4.78, 5) is 10.3.